The van der Waals surface area contributed by atoms with Crippen LogP contribution in [0.2, 0.25) is 0 Å². The molecule has 1 unspecified atom stereocenters. The van der Waals surface area contributed by atoms with Gasteiger partial charge >= 0.3 is 17.8 Å². The number of ether oxygens (including phenoxy) is 1. The molecule has 0 aromatic carbocycles. The van der Waals surface area contributed by atoms with Crippen molar-refractivity contribution < 1.29 is 26.7 Å². The van der Waals surface area contributed by atoms with E-state index in [2.05, 4.69) is 25.4 Å². The van der Waals surface area contributed by atoms with Crippen molar-refractivity contribution in [3.05, 3.63) is 61.3 Å². The molecule has 11 nitrogen and oxygen atoms in total. The van der Waals surface area contributed by atoms with Crippen molar-refractivity contribution in [2.75, 3.05) is 18.0 Å². The number of nitrogens with zero attached hydrogens (tertiary/aromatic N) is 4. The Bertz CT molecular complexity index is 1350. The highest BCUT2D eigenvalue weighted by Gasteiger charge is 2.51. The molecule has 1 atom stereocenters. The summed E-state index contributed by atoms with van der Waals surface area (Å²) in [5.74, 6) is -4.07. The molecule has 0 aliphatic carbocycles. The van der Waals surface area contributed by atoms with Crippen molar-refractivity contribution in [2.24, 2.45) is 0 Å². The van der Waals surface area contributed by atoms with Gasteiger partial charge in [-0.05, 0) is 12.1 Å². The summed E-state index contributed by atoms with van der Waals surface area (Å²) in [6.07, 6.45) is -5.58. The van der Waals surface area contributed by atoms with Crippen LogP contribution in [0.4, 0.5) is 27.6 Å². The molecule has 33 heavy (non-hydrogen) atoms. The van der Waals surface area contributed by atoms with Crippen LogP contribution < -0.4 is 26.4 Å². The standard InChI is InChI=1S/C17H12F5N7O4/c18-16(19)6-29(5-11(16)33-12-2-1-10(26-27-12)17(20,21)22)9-3-8(25-28-14(9)31)7-4-23-15(32)24-13(7)30/h1-4,11H,5-6H2,(H,28,31)(H2,23,24,30,32). The molecule has 174 valence electrons. The number of hydrogen-bond donors (Lipinski definition) is 3. The summed E-state index contributed by atoms with van der Waals surface area (Å²) in [6, 6.07) is 2.38. The average Bonchev–Trinajstić information content (AvgIpc) is 3.02. The molecule has 0 radical (unpaired) electrons. The third-order valence-electron chi connectivity index (χ3n) is 4.67. The average molecular weight is 473 g/mol. The number of alkyl halides is 5. The highest BCUT2D eigenvalue weighted by molar-refractivity contribution is 5.62. The van der Waals surface area contributed by atoms with E-state index in [4.69, 9.17) is 4.74 Å². The zero-order valence-corrected chi connectivity index (χ0v) is 16.1. The number of aromatic amines is 3. The Kier molecular flexibility index (Phi) is 5.21. The molecule has 1 aliphatic heterocycles. The topological polar surface area (TPSA) is 150 Å². The van der Waals surface area contributed by atoms with Crippen LogP contribution in [0.15, 0.2) is 38.8 Å². The Hall–Kier alpha value is -4.11. The van der Waals surface area contributed by atoms with Gasteiger partial charge in [0, 0.05) is 12.3 Å². The smallest absolute Gasteiger partial charge is 0.435 e. The van der Waals surface area contributed by atoms with E-state index in [0.717, 1.165) is 23.2 Å². The van der Waals surface area contributed by atoms with E-state index in [1.54, 1.807) is 0 Å². The van der Waals surface area contributed by atoms with Gasteiger partial charge in [-0.15, -0.1) is 10.2 Å². The molecule has 4 rings (SSSR count). The lowest BCUT2D eigenvalue weighted by molar-refractivity contribution is -0.141. The first-order valence-corrected chi connectivity index (χ1v) is 9.06. The second-order valence-electron chi connectivity index (χ2n) is 6.96. The van der Waals surface area contributed by atoms with Crippen molar-refractivity contribution in [2.45, 2.75) is 18.2 Å². The lowest BCUT2D eigenvalue weighted by Crippen LogP contribution is -2.36. The van der Waals surface area contributed by atoms with Crippen LogP contribution in [0, 0.1) is 0 Å². The number of halogens is 5. The van der Waals surface area contributed by atoms with Gasteiger partial charge in [0.15, 0.2) is 11.8 Å². The van der Waals surface area contributed by atoms with E-state index in [1.807, 2.05) is 4.98 Å². The molecule has 3 N–H and O–H groups in total. The number of H-pyrrole nitrogens is 3. The van der Waals surface area contributed by atoms with E-state index in [1.165, 1.54) is 0 Å². The lowest BCUT2D eigenvalue weighted by Gasteiger charge is -2.18. The molecule has 16 heteroatoms. The van der Waals surface area contributed by atoms with Crippen molar-refractivity contribution in [3.63, 3.8) is 0 Å². The Morgan fingerprint density at radius 1 is 1.12 bits per heavy atom. The fourth-order valence-corrected chi connectivity index (χ4v) is 3.11. The summed E-state index contributed by atoms with van der Waals surface area (Å²) < 4.78 is 71.9. The summed E-state index contributed by atoms with van der Waals surface area (Å²) in [5, 5.41) is 11.9. The number of aromatic nitrogens is 6. The van der Waals surface area contributed by atoms with Gasteiger partial charge in [0.05, 0.1) is 24.3 Å². The van der Waals surface area contributed by atoms with Gasteiger partial charge in [-0.3, -0.25) is 14.6 Å². The molecular formula is C17H12F5N7O4. The van der Waals surface area contributed by atoms with Gasteiger partial charge in [-0.25, -0.2) is 18.7 Å². The van der Waals surface area contributed by atoms with Crippen LogP contribution in [0.5, 0.6) is 5.88 Å². The first-order chi connectivity index (χ1) is 15.4. The predicted molar refractivity (Wildman–Crippen MR) is 100 cm³/mol. The molecule has 0 spiro atoms. The Morgan fingerprint density at radius 3 is 2.52 bits per heavy atom. The maximum absolute atomic E-state index is 14.5. The number of hydrogen-bond acceptors (Lipinski definition) is 8. The van der Waals surface area contributed by atoms with Gasteiger partial charge < -0.3 is 14.6 Å². The van der Waals surface area contributed by atoms with Crippen LogP contribution >= 0.6 is 0 Å². The van der Waals surface area contributed by atoms with Crippen LogP contribution in [0.25, 0.3) is 11.3 Å². The van der Waals surface area contributed by atoms with Crippen molar-refractivity contribution in [3.8, 4) is 17.1 Å². The normalized spacial score (nSPS) is 17.8. The number of rotatable bonds is 4. The summed E-state index contributed by atoms with van der Waals surface area (Å²) in [4.78, 5) is 40.5. The number of nitrogens with one attached hydrogen (secondary N) is 3. The summed E-state index contributed by atoms with van der Waals surface area (Å²) >= 11 is 0. The van der Waals surface area contributed by atoms with E-state index in [9.17, 15) is 36.3 Å². The quantitative estimate of drug-likeness (QED) is 0.465. The largest absolute Gasteiger partial charge is 0.465 e. The minimum absolute atomic E-state index is 0.108. The molecular weight excluding hydrogens is 461 g/mol. The zero-order chi connectivity index (χ0) is 24.0. The molecule has 1 fully saturated rings. The van der Waals surface area contributed by atoms with Crippen molar-refractivity contribution in [1.29, 1.82) is 0 Å². The zero-order valence-electron chi connectivity index (χ0n) is 16.1. The van der Waals surface area contributed by atoms with Gasteiger partial charge in [-0.2, -0.15) is 18.3 Å². The molecule has 3 aromatic heterocycles. The molecule has 0 bridgehead atoms. The maximum atomic E-state index is 14.5. The van der Waals surface area contributed by atoms with Gasteiger partial charge in [0.2, 0.25) is 5.88 Å². The summed E-state index contributed by atoms with van der Waals surface area (Å²) in [7, 11) is 0. The summed E-state index contributed by atoms with van der Waals surface area (Å²) in [6.45, 7) is -1.51. The molecule has 1 aliphatic rings. The predicted octanol–water partition coefficient (Wildman–Crippen LogP) is 0.525. The molecule has 0 amide bonds. The summed E-state index contributed by atoms with van der Waals surface area (Å²) in [5.41, 5.74) is -4.27. The van der Waals surface area contributed by atoms with Crippen LogP contribution in [-0.2, 0) is 6.18 Å². The van der Waals surface area contributed by atoms with Crippen LogP contribution in [0.3, 0.4) is 0 Å². The van der Waals surface area contributed by atoms with E-state index in [-0.39, 0.29) is 16.9 Å². The SMILES string of the molecule is O=c1[nH]cc(-c2cc(N3CC(Oc4ccc(C(F)(F)F)nn4)C(F)(F)C3)c(=O)[nH]n2)c(=O)[nH]1. The Morgan fingerprint density at radius 2 is 1.88 bits per heavy atom. The first-order valence-electron chi connectivity index (χ1n) is 9.06. The van der Waals surface area contributed by atoms with Crippen LogP contribution in [0.1, 0.15) is 5.69 Å². The minimum Gasteiger partial charge on any atom is -0.465 e. The Balaban J connectivity index is 1.59. The van der Waals surface area contributed by atoms with E-state index < -0.39 is 59.7 Å². The van der Waals surface area contributed by atoms with E-state index in [0.29, 0.717) is 6.07 Å². The monoisotopic (exact) mass is 473 g/mol. The minimum atomic E-state index is -4.76. The second-order valence-corrected chi connectivity index (χ2v) is 6.96. The highest BCUT2D eigenvalue weighted by Crippen LogP contribution is 2.33. The van der Waals surface area contributed by atoms with Crippen molar-refractivity contribution in [1.82, 2.24) is 30.4 Å². The lowest BCUT2D eigenvalue weighted by atomic mass is 10.2. The van der Waals surface area contributed by atoms with E-state index >= 15 is 0 Å². The van der Waals surface area contributed by atoms with Gasteiger partial charge in [0.25, 0.3) is 11.1 Å². The van der Waals surface area contributed by atoms with Crippen LogP contribution in [-0.4, -0.2) is 55.5 Å². The first kappa shape index (κ1) is 22.1. The fourth-order valence-electron chi connectivity index (χ4n) is 3.11. The Labute approximate surface area is 178 Å². The second kappa shape index (κ2) is 7.79. The molecule has 1 saturated heterocycles. The fraction of sp³-hybridized carbons (Fsp3) is 0.294. The molecule has 3 aromatic rings. The van der Waals surface area contributed by atoms with Gasteiger partial charge in [-0.1, -0.05) is 0 Å². The third kappa shape index (κ3) is 4.44. The molecule has 4 heterocycles. The van der Waals surface area contributed by atoms with Crippen molar-refractivity contribution >= 4 is 5.69 Å². The molecule has 0 saturated carbocycles. The highest BCUT2D eigenvalue weighted by atomic mass is 19.4. The number of anilines is 1. The third-order valence-corrected chi connectivity index (χ3v) is 4.67. The van der Waals surface area contributed by atoms with Gasteiger partial charge in [0.1, 0.15) is 5.69 Å². The maximum Gasteiger partial charge on any atom is 0.435 e.